The molecule has 3 aromatic rings. The molecule has 0 saturated carbocycles. The minimum Gasteiger partial charge on any atom is -0.508 e. The van der Waals surface area contributed by atoms with Gasteiger partial charge in [-0.25, -0.2) is 4.98 Å². The summed E-state index contributed by atoms with van der Waals surface area (Å²) in [5.41, 5.74) is 13.3. The lowest BCUT2D eigenvalue weighted by Crippen LogP contribution is -2.28. The maximum atomic E-state index is 13.2. The van der Waals surface area contributed by atoms with Gasteiger partial charge in [-0.2, -0.15) is 0 Å². The smallest absolute Gasteiger partial charge is 0.266 e. The summed E-state index contributed by atoms with van der Waals surface area (Å²) in [7, 11) is 1.77. The molecule has 5 N–H and O–H groups in total. The van der Waals surface area contributed by atoms with Gasteiger partial charge in [-0.3, -0.25) is 14.2 Å². The molecule has 8 nitrogen and oxygen atoms in total. The van der Waals surface area contributed by atoms with Gasteiger partial charge in [0.1, 0.15) is 11.6 Å². The number of rotatable bonds is 3. The summed E-state index contributed by atoms with van der Waals surface area (Å²) in [5, 5.41) is 10.1. The number of nitrogens with zero attached hydrogens (tertiary/aromatic N) is 3. The highest BCUT2D eigenvalue weighted by atomic mass is 16.3. The second-order valence-electron chi connectivity index (χ2n) is 6.16. The first-order valence-electron chi connectivity index (χ1n) is 7.85. The molecule has 0 aliphatic rings. The van der Waals surface area contributed by atoms with Crippen LogP contribution in [0.2, 0.25) is 0 Å². The van der Waals surface area contributed by atoms with Gasteiger partial charge >= 0.3 is 0 Å². The van der Waals surface area contributed by atoms with E-state index in [1.54, 1.807) is 44.1 Å². The van der Waals surface area contributed by atoms with Crippen molar-refractivity contribution in [1.29, 1.82) is 0 Å². The van der Waals surface area contributed by atoms with Crippen LogP contribution in [0.5, 0.6) is 5.75 Å². The fourth-order valence-corrected chi connectivity index (χ4v) is 2.95. The van der Waals surface area contributed by atoms with Crippen molar-refractivity contribution in [3.8, 4) is 22.7 Å². The number of carbonyl (C=O) groups is 1. The zero-order valence-corrected chi connectivity index (χ0v) is 14.6. The van der Waals surface area contributed by atoms with E-state index in [2.05, 4.69) is 4.98 Å². The molecular formula is C18H19N5O3. The van der Waals surface area contributed by atoms with Crippen molar-refractivity contribution in [3.63, 3.8) is 0 Å². The largest absolute Gasteiger partial charge is 0.508 e. The maximum absolute atomic E-state index is 13.2. The molecule has 0 fully saturated rings. The second kappa shape index (κ2) is 6.07. The lowest BCUT2D eigenvalue weighted by atomic mass is 10.0. The molecule has 0 saturated heterocycles. The number of imidazole rings is 1. The Morgan fingerprint density at radius 1 is 1.27 bits per heavy atom. The van der Waals surface area contributed by atoms with Crippen LogP contribution < -0.4 is 17.0 Å². The number of benzene rings is 1. The van der Waals surface area contributed by atoms with Crippen LogP contribution in [0.25, 0.3) is 16.9 Å². The van der Waals surface area contributed by atoms with Gasteiger partial charge in [0, 0.05) is 18.8 Å². The van der Waals surface area contributed by atoms with E-state index in [4.69, 9.17) is 11.5 Å². The minimum absolute atomic E-state index is 0.00685. The molecule has 26 heavy (non-hydrogen) atoms. The number of aromatic hydroxyl groups is 1. The van der Waals surface area contributed by atoms with E-state index in [0.717, 1.165) is 0 Å². The van der Waals surface area contributed by atoms with E-state index in [1.165, 1.54) is 16.7 Å². The minimum atomic E-state index is -0.760. The average Bonchev–Trinajstić information content (AvgIpc) is 3.00. The Morgan fingerprint density at radius 3 is 2.54 bits per heavy atom. The van der Waals surface area contributed by atoms with Gasteiger partial charge in [0.15, 0.2) is 0 Å². The average molecular weight is 353 g/mol. The monoisotopic (exact) mass is 353 g/mol. The SMILES string of the molecule is Cc1ccc(O)c(C)c1-n1c(N)c(C(N)=O)cc(-c2cn(C)cn2)c1=O. The van der Waals surface area contributed by atoms with Gasteiger partial charge in [-0.15, -0.1) is 0 Å². The number of anilines is 1. The van der Waals surface area contributed by atoms with Gasteiger partial charge in [0.2, 0.25) is 0 Å². The van der Waals surface area contributed by atoms with E-state index >= 15 is 0 Å². The Bertz CT molecular complexity index is 1090. The fraction of sp³-hybridized carbons (Fsp3) is 0.167. The van der Waals surface area contributed by atoms with E-state index in [9.17, 15) is 14.7 Å². The number of nitrogen functional groups attached to an aromatic ring is 1. The molecule has 1 aromatic carbocycles. The number of pyridine rings is 1. The Hall–Kier alpha value is -3.55. The first-order chi connectivity index (χ1) is 12.2. The molecule has 0 aliphatic heterocycles. The topological polar surface area (TPSA) is 129 Å². The number of hydrogen-bond donors (Lipinski definition) is 3. The van der Waals surface area contributed by atoms with Gasteiger partial charge in [0.25, 0.3) is 11.5 Å². The summed E-state index contributed by atoms with van der Waals surface area (Å²) in [6.07, 6.45) is 3.20. The number of carbonyl (C=O) groups excluding carboxylic acids is 1. The summed E-state index contributed by atoms with van der Waals surface area (Å²) < 4.78 is 2.89. The van der Waals surface area contributed by atoms with E-state index in [1.807, 2.05) is 0 Å². The number of aryl methyl sites for hydroxylation is 2. The second-order valence-corrected chi connectivity index (χ2v) is 6.16. The van der Waals surface area contributed by atoms with Gasteiger partial charge in [-0.05, 0) is 31.5 Å². The molecule has 0 atom stereocenters. The molecule has 0 aliphatic carbocycles. The highest BCUT2D eigenvalue weighted by molar-refractivity contribution is 5.98. The standard InChI is InChI=1S/C18H19N5O3/c1-9-4-5-14(24)10(2)15(9)23-16(19)12(17(20)25)6-11(18(23)26)13-7-22(3)8-21-13/h4-8,24H,19H2,1-3H3,(H2,20,25). The quantitative estimate of drug-likeness (QED) is 0.652. The maximum Gasteiger partial charge on any atom is 0.266 e. The van der Waals surface area contributed by atoms with Crippen molar-refractivity contribution in [2.75, 3.05) is 5.73 Å². The van der Waals surface area contributed by atoms with Crippen LogP contribution >= 0.6 is 0 Å². The predicted molar refractivity (Wildman–Crippen MR) is 98.3 cm³/mol. The summed E-state index contributed by atoms with van der Waals surface area (Å²) in [6.45, 7) is 3.45. The molecule has 2 aromatic heterocycles. The molecular weight excluding hydrogens is 334 g/mol. The zero-order valence-electron chi connectivity index (χ0n) is 14.6. The molecule has 1 amide bonds. The van der Waals surface area contributed by atoms with E-state index < -0.39 is 11.5 Å². The normalized spacial score (nSPS) is 10.9. The third-order valence-electron chi connectivity index (χ3n) is 4.31. The number of aromatic nitrogens is 3. The van der Waals surface area contributed by atoms with Crippen LogP contribution in [0.4, 0.5) is 5.82 Å². The number of hydrogen-bond acceptors (Lipinski definition) is 5. The first kappa shape index (κ1) is 17.3. The molecule has 0 bridgehead atoms. The summed E-state index contributed by atoms with van der Waals surface area (Å²) in [4.78, 5) is 29.3. The number of nitrogens with two attached hydrogens (primary N) is 2. The van der Waals surface area contributed by atoms with Crippen molar-refractivity contribution in [1.82, 2.24) is 14.1 Å². The summed E-state index contributed by atoms with van der Waals surface area (Å²) in [6, 6.07) is 4.56. The van der Waals surface area contributed by atoms with E-state index in [0.29, 0.717) is 22.5 Å². The Kier molecular flexibility index (Phi) is 4.03. The summed E-state index contributed by atoms with van der Waals surface area (Å²) >= 11 is 0. The Balaban J connectivity index is 2.47. The highest BCUT2D eigenvalue weighted by Crippen LogP contribution is 2.29. The van der Waals surface area contributed by atoms with Crippen LogP contribution in [-0.2, 0) is 7.05 Å². The van der Waals surface area contributed by atoms with Crippen molar-refractivity contribution in [2.24, 2.45) is 12.8 Å². The lowest BCUT2D eigenvalue weighted by Gasteiger charge is -2.18. The highest BCUT2D eigenvalue weighted by Gasteiger charge is 2.22. The van der Waals surface area contributed by atoms with Crippen molar-refractivity contribution < 1.29 is 9.90 Å². The van der Waals surface area contributed by atoms with Crippen molar-refractivity contribution in [2.45, 2.75) is 13.8 Å². The van der Waals surface area contributed by atoms with Crippen LogP contribution in [0, 0.1) is 13.8 Å². The molecule has 0 spiro atoms. The third-order valence-corrected chi connectivity index (χ3v) is 4.31. The number of primary amides is 1. The number of phenols is 1. The molecule has 2 heterocycles. The van der Waals surface area contributed by atoms with Crippen LogP contribution in [0.1, 0.15) is 21.5 Å². The van der Waals surface area contributed by atoms with E-state index in [-0.39, 0.29) is 22.7 Å². The van der Waals surface area contributed by atoms with Crippen LogP contribution in [0.15, 0.2) is 35.5 Å². The van der Waals surface area contributed by atoms with Crippen LogP contribution in [0.3, 0.4) is 0 Å². The van der Waals surface area contributed by atoms with Crippen molar-refractivity contribution in [3.05, 3.63) is 57.8 Å². The van der Waals surface area contributed by atoms with Gasteiger partial charge in [0.05, 0.1) is 28.8 Å². The summed E-state index contributed by atoms with van der Waals surface area (Å²) in [5.74, 6) is -0.830. The molecule has 134 valence electrons. The molecule has 8 heteroatoms. The fourth-order valence-electron chi connectivity index (χ4n) is 2.95. The Morgan fingerprint density at radius 2 is 1.96 bits per heavy atom. The van der Waals surface area contributed by atoms with Crippen LogP contribution in [-0.4, -0.2) is 25.1 Å². The molecule has 0 unspecified atom stereocenters. The Labute approximate surface area is 149 Å². The number of amides is 1. The predicted octanol–water partition coefficient (Wildman–Crippen LogP) is 1.24. The molecule has 0 radical (unpaired) electrons. The third kappa shape index (κ3) is 2.61. The number of phenolic OH excluding ortho intramolecular Hbond substituents is 1. The molecule has 3 rings (SSSR count). The van der Waals surface area contributed by atoms with Crippen molar-refractivity contribution >= 4 is 11.7 Å². The lowest BCUT2D eigenvalue weighted by molar-refractivity contribution is 0.100. The van der Waals surface area contributed by atoms with Gasteiger partial charge in [-0.1, -0.05) is 6.07 Å². The first-order valence-corrected chi connectivity index (χ1v) is 7.85. The zero-order chi connectivity index (χ0) is 19.2. The van der Waals surface area contributed by atoms with Gasteiger partial charge < -0.3 is 21.1 Å².